The molecule has 1 N–H and O–H groups in total. The molecule has 41 heavy (non-hydrogen) atoms. The van der Waals surface area contributed by atoms with Crippen molar-refractivity contribution < 1.29 is 22.7 Å². The number of para-hydroxylation sites is 1. The zero-order valence-corrected chi connectivity index (χ0v) is 25.2. The minimum Gasteiger partial charge on any atom is -0.497 e. The number of nitrogens with zero attached hydrogens (tertiary/aromatic N) is 2. The molecule has 0 spiro atoms. The van der Waals surface area contributed by atoms with E-state index >= 15 is 0 Å². The summed E-state index contributed by atoms with van der Waals surface area (Å²) < 4.78 is 32.1. The van der Waals surface area contributed by atoms with Crippen molar-refractivity contribution in [2.75, 3.05) is 30.8 Å². The van der Waals surface area contributed by atoms with E-state index in [4.69, 9.17) is 4.74 Å². The first-order valence-corrected chi connectivity index (χ1v) is 15.8. The van der Waals surface area contributed by atoms with Crippen molar-refractivity contribution in [3.8, 4) is 5.75 Å². The molecule has 0 unspecified atom stereocenters. The Morgan fingerprint density at radius 3 is 2.29 bits per heavy atom. The third kappa shape index (κ3) is 9.35. The summed E-state index contributed by atoms with van der Waals surface area (Å²) in [5.74, 6) is 0.218. The van der Waals surface area contributed by atoms with Gasteiger partial charge in [0.25, 0.3) is 0 Å². The van der Waals surface area contributed by atoms with Crippen LogP contribution in [0, 0.1) is 6.92 Å². The van der Waals surface area contributed by atoms with Crippen LogP contribution in [0.4, 0.5) is 5.69 Å². The molecule has 0 aliphatic carbocycles. The van der Waals surface area contributed by atoms with Crippen LogP contribution in [0.5, 0.6) is 5.75 Å². The summed E-state index contributed by atoms with van der Waals surface area (Å²) in [6.45, 7) is 4.70. The van der Waals surface area contributed by atoms with Gasteiger partial charge in [-0.2, -0.15) is 0 Å². The van der Waals surface area contributed by atoms with Crippen molar-refractivity contribution in [3.05, 3.63) is 95.6 Å². The molecule has 2 amide bonds. The number of carbonyl (C=O) groups is 2. The molecule has 0 heterocycles. The van der Waals surface area contributed by atoms with Crippen molar-refractivity contribution in [2.24, 2.45) is 0 Å². The van der Waals surface area contributed by atoms with E-state index in [0.717, 1.165) is 23.1 Å². The number of amides is 2. The lowest BCUT2D eigenvalue weighted by Crippen LogP contribution is -2.50. The van der Waals surface area contributed by atoms with Crippen LogP contribution in [0.15, 0.2) is 78.9 Å². The fourth-order valence-corrected chi connectivity index (χ4v) is 5.74. The largest absolute Gasteiger partial charge is 0.497 e. The van der Waals surface area contributed by atoms with Crippen molar-refractivity contribution in [2.45, 2.75) is 52.1 Å². The summed E-state index contributed by atoms with van der Waals surface area (Å²) in [6, 6.07) is 23.6. The van der Waals surface area contributed by atoms with Crippen LogP contribution in [0.2, 0.25) is 0 Å². The Morgan fingerprint density at radius 2 is 1.63 bits per heavy atom. The summed E-state index contributed by atoms with van der Waals surface area (Å²) in [4.78, 5) is 29.0. The molecule has 0 saturated heterocycles. The number of nitrogens with one attached hydrogen (secondary N) is 1. The number of carbonyl (C=O) groups excluding carboxylic acids is 2. The number of benzene rings is 3. The second-order valence-corrected chi connectivity index (χ2v) is 12.0. The van der Waals surface area contributed by atoms with Gasteiger partial charge in [0.1, 0.15) is 11.8 Å². The van der Waals surface area contributed by atoms with Crippen LogP contribution in [-0.4, -0.2) is 57.6 Å². The Hall–Kier alpha value is -3.85. The van der Waals surface area contributed by atoms with Gasteiger partial charge in [-0.3, -0.25) is 13.9 Å². The fourth-order valence-electron chi connectivity index (χ4n) is 4.71. The normalized spacial score (nSPS) is 11.9. The average molecular weight is 580 g/mol. The minimum absolute atomic E-state index is 0.0776. The predicted octanol–water partition coefficient (Wildman–Crippen LogP) is 4.72. The lowest BCUT2D eigenvalue weighted by molar-refractivity contribution is -0.141. The molecular weight excluding hydrogens is 538 g/mol. The maximum Gasteiger partial charge on any atom is 0.243 e. The predicted molar refractivity (Wildman–Crippen MR) is 163 cm³/mol. The van der Waals surface area contributed by atoms with E-state index in [1.54, 1.807) is 24.1 Å². The molecule has 3 rings (SSSR count). The van der Waals surface area contributed by atoms with Crippen molar-refractivity contribution in [1.29, 1.82) is 0 Å². The van der Waals surface area contributed by atoms with Gasteiger partial charge in [0.05, 0.1) is 19.1 Å². The molecular formula is C32H41N3O5S. The molecule has 1 atom stereocenters. The summed E-state index contributed by atoms with van der Waals surface area (Å²) in [5.41, 5.74) is 3.20. The Bertz CT molecular complexity index is 1400. The number of methoxy groups -OCH3 is 1. The standard InChI is InChI=1S/C32H41N3O5S/c1-5-20-33-32(37)30(23-26-14-7-6-8-15-26)34(24-27-16-11-17-28(22-27)40-3)31(36)19-12-21-35(41(4,38)39)29-18-10-9-13-25(29)2/h6-11,13-18,22,30H,5,12,19-21,23-24H2,1-4H3,(H,33,37)/t30-/m0/s1. The molecule has 8 nitrogen and oxygen atoms in total. The van der Waals surface area contributed by atoms with Gasteiger partial charge in [-0.1, -0.05) is 67.6 Å². The number of anilines is 1. The highest BCUT2D eigenvalue weighted by atomic mass is 32.2. The minimum atomic E-state index is -3.57. The van der Waals surface area contributed by atoms with Crippen molar-refractivity contribution in [3.63, 3.8) is 0 Å². The van der Waals surface area contributed by atoms with Gasteiger partial charge in [0.15, 0.2) is 0 Å². The smallest absolute Gasteiger partial charge is 0.243 e. The third-order valence-electron chi connectivity index (χ3n) is 6.84. The second kappa shape index (κ2) is 15.2. The van der Waals surface area contributed by atoms with Gasteiger partial charge in [0.2, 0.25) is 21.8 Å². The lowest BCUT2D eigenvalue weighted by Gasteiger charge is -2.32. The highest BCUT2D eigenvalue weighted by Crippen LogP contribution is 2.24. The van der Waals surface area contributed by atoms with E-state index in [9.17, 15) is 18.0 Å². The molecule has 3 aromatic rings. The van der Waals surface area contributed by atoms with Crippen LogP contribution in [0.1, 0.15) is 42.9 Å². The SMILES string of the molecule is CCCNC(=O)[C@H](Cc1ccccc1)N(Cc1cccc(OC)c1)C(=O)CCCN(c1ccccc1C)S(C)(=O)=O. The zero-order chi connectivity index (χ0) is 29.8. The molecule has 0 bridgehead atoms. The maximum atomic E-state index is 13.9. The van der Waals surface area contributed by atoms with E-state index in [1.165, 1.54) is 10.6 Å². The highest BCUT2D eigenvalue weighted by molar-refractivity contribution is 7.92. The number of sulfonamides is 1. The average Bonchev–Trinajstić information content (AvgIpc) is 2.96. The summed E-state index contributed by atoms with van der Waals surface area (Å²) in [5, 5.41) is 2.97. The van der Waals surface area contributed by atoms with Gasteiger partial charge >= 0.3 is 0 Å². The second-order valence-electron chi connectivity index (χ2n) is 10.1. The molecule has 0 radical (unpaired) electrons. The van der Waals surface area contributed by atoms with Gasteiger partial charge in [-0.05, 0) is 54.7 Å². The van der Waals surface area contributed by atoms with Crippen LogP contribution < -0.4 is 14.4 Å². The first kappa shape index (κ1) is 31.7. The lowest BCUT2D eigenvalue weighted by atomic mass is 10.0. The molecule has 3 aromatic carbocycles. The third-order valence-corrected chi connectivity index (χ3v) is 8.02. The monoisotopic (exact) mass is 579 g/mol. The zero-order valence-electron chi connectivity index (χ0n) is 24.4. The fraction of sp³-hybridized carbons (Fsp3) is 0.375. The Labute approximate surface area is 244 Å². The van der Waals surface area contributed by atoms with Crippen LogP contribution in [-0.2, 0) is 32.6 Å². The van der Waals surface area contributed by atoms with E-state index in [0.29, 0.717) is 30.8 Å². The molecule has 0 saturated carbocycles. The molecule has 0 aromatic heterocycles. The molecule has 0 fully saturated rings. The molecule has 0 aliphatic heterocycles. The number of hydrogen-bond acceptors (Lipinski definition) is 5. The van der Waals surface area contributed by atoms with Crippen LogP contribution in [0.25, 0.3) is 0 Å². The maximum absolute atomic E-state index is 13.9. The first-order valence-electron chi connectivity index (χ1n) is 13.9. The summed E-state index contributed by atoms with van der Waals surface area (Å²) in [6.07, 6.45) is 2.67. The Kier molecular flexibility index (Phi) is 11.8. The van der Waals surface area contributed by atoms with Gasteiger partial charge in [-0.15, -0.1) is 0 Å². The van der Waals surface area contributed by atoms with Crippen LogP contribution in [0.3, 0.4) is 0 Å². The van der Waals surface area contributed by atoms with Crippen molar-refractivity contribution >= 4 is 27.5 Å². The van der Waals surface area contributed by atoms with Gasteiger partial charge in [0, 0.05) is 32.5 Å². The number of rotatable bonds is 15. The van der Waals surface area contributed by atoms with Crippen molar-refractivity contribution in [1.82, 2.24) is 10.2 Å². The first-order chi connectivity index (χ1) is 19.6. The summed E-state index contributed by atoms with van der Waals surface area (Å²) in [7, 11) is -1.98. The number of hydrogen-bond donors (Lipinski definition) is 1. The van der Waals surface area contributed by atoms with E-state index in [-0.39, 0.29) is 31.3 Å². The Balaban J connectivity index is 1.89. The van der Waals surface area contributed by atoms with E-state index in [1.807, 2.05) is 80.6 Å². The van der Waals surface area contributed by atoms with Crippen LogP contribution >= 0.6 is 0 Å². The Morgan fingerprint density at radius 1 is 0.951 bits per heavy atom. The van der Waals surface area contributed by atoms with E-state index < -0.39 is 16.1 Å². The van der Waals surface area contributed by atoms with Gasteiger partial charge < -0.3 is 15.0 Å². The topological polar surface area (TPSA) is 96.0 Å². The number of ether oxygens (including phenoxy) is 1. The number of aryl methyl sites for hydroxylation is 1. The summed E-state index contributed by atoms with van der Waals surface area (Å²) >= 11 is 0. The van der Waals surface area contributed by atoms with E-state index in [2.05, 4.69) is 5.32 Å². The molecule has 9 heteroatoms. The molecule has 220 valence electrons. The highest BCUT2D eigenvalue weighted by Gasteiger charge is 2.30. The quantitative estimate of drug-likeness (QED) is 0.281. The molecule has 0 aliphatic rings. The van der Waals surface area contributed by atoms with Gasteiger partial charge in [-0.25, -0.2) is 8.42 Å².